The van der Waals surface area contributed by atoms with Gasteiger partial charge in [0.15, 0.2) is 11.0 Å². The largest absolute Gasteiger partial charge is 0.335 e. The van der Waals surface area contributed by atoms with Crippen LogP contribution < -0.4 is 11.2 Å². The summed E-state index contributed by atoms with van der Waals surface area (Å²) in [4.78, 5) is 17.9. The second-order valence-electron chi connectivity index (χ2n) is 6.80. The third-order valence-corrected chi connectivity index (χ3v) is 6.99. The Balaban J connectivity index is 1.40. The number of anilines is 1. The zero-order valence-corrected chi connectivity index (χ0v) is 19.1. The number of thiazole rings is 1. The molecule has 1 amide bonds. The Labute approximate surface area is 186 Å². The summed E-state index contributed by atoms with van der Waals surface area (Å²) < 4.78 is 1.41. The molecule has 3 heterocycles. The lowest BCUT2D eigenvalue weighted by molar-refractivity contribution is -0.113. The maximum Gasteiger partial charge on any atom is 0.236 e. The van der Waals surface area contributed by atoms with Crippen LogP contribution in [0.25, 0.3) is 22.0 Å². The van der Waals surface area contributed by atoms with E-state index in [-0.39, 0.29) is 11.7 Å². The molecule has 0 bridgehead atoms. The number of amides is 1. The van der Waals surface area contributed by atoms with Gasteiger partial charge in [-0.15, -0.1) is 32.9 Å². The van der Waals surface area contributed by atoms with Gasteiger partial charge in [0, 0.05) is 10.9 Å². The van der Waals surface area contributed by atoms with E-state index < -0.39 is 0 Å². The third-order valence-electron chi connectivity index (χ3n) is 4.42. The lowest BCUT2D eigenvalue weighted by Gasteiger charge is -2.08. The van der Waals surface area contributed by atoms with Crippen LogP contribution in [0, 0.1) is 20.8 Å². The van der Waals surface area contributed by atoms with Crippen LogP contribution in [0.5, 0.6) is 0 Å². The summed E-state index contributed by atoms with van der Waals surface area (Å²) in [6.45, 7) is 6.24. The molecule has 0 aliphatic rings. The molecule has 10 heteroatoms. The molecule has 0 aliphatic heterocycles. The van der Waals surface area contributed by atoms with Crippen LogP contribution in [0.15, 0.2) is 40.2 Å². The van der Waals surface area contributed by atoms with Gasteiger partial charge >= 0.3 is 0 Å². The number of nitrogen functional groups attached to an aromatic ring is 1. The highest BCUT2D eigenvalue weighted by molar-refractivity contribution is 7.99. The highest BCUT2D eigenvalue weighted by atomic mass is 32.2. The molecule has 0 fully saturated rings. The van der Waals surface area contributed by atoms with Crippen LogP contribution in [-0.2, 0) is 4.79 Å². The fraction of sp³-hybridized carbons (Fsp3) is 0.200. The molecule has 1 aromatic carbocycles. The van der Waals surface area contributed by atoms with E-state index >= 15 is 0 Å². The smallest absolute Gasteiger partial charge is 0.236 e. The molecule has 3 N–H and O–H groups in total. The van der Waals surface area contributed by atoms with E-state index in [9.17, 15) is 4.79 Å². The summed E-state index contributed by atoms with van der Waals surface area (Å²) in [5, 5.41) is 16.0. The topological polar surface area (TPSA) is 98.7 Å². The second kappa shape index (κ2) is 8.58. The fourth-order valence-corrected chi connectivity index (χ4v) is 5.34. The molecule has 0 radical (unpaired) electrons. The Morgan fingerprint density at radius 2 is 1.97 bits per heavy atom. The van der Waals surface area contributed by atoms with Crippen LogP contribution in [0.2, 0.25) is 0 Å². The normalized spacial score (nSPS) is 11.0. The van der Waals surface area contributed by atoms with Crippen molar-refractivity contribution in [3.63, 3.8) is 0 Å². The Hall–Kier alpha value is -2.69. The molecule has 0 saturated heterocycles. The molecule has 0 aliphatic carbocycles. The molecule has 30 heavy (non-hydrogen) atoms. The summed E-state index contributed by atoms with van der Waals surface area (Å²) in [6, 6.07) is 8.14. The van der Waals surface area contributed by atoms with E-state index in [1.165, 1.54) is 55.8 Å². The number of aromatic nitrogens is 4. The van der Waals surface area contributed by atoms with E-state index in [1.54, 1.807) is 0 Å². The van der Waals surface area contributed by atoms with Crippen molar-refractivity contribution in [2.45, 2.75) is 25.9 Å². The standard InChI is InChI=1S/C20H20N6OS3/c1-11-7-12(2)17(13(3)8-11)14-9-29-19(22-14)23-16(27)10-30-20-25-24-18(26(20)21)15-5-4-6-28-15/h4-9H,10,21H2,1-3H3,(H,22,23,27). The quantitative estimate of drug-likeness (QED) is 0.327. The average molecular weight is 457 g/mol. The minimum absolute atomic E-state index is 0.164. The van der Waals surface area contributed by atoms with Crippen molar-refractivity contribution in [2.24, 2.45) is 0 Å². The van der Waals surface area contributed by atoms with Crippen LogP contribution in [0.4, 0.5) is 5.13 Å². The molecule has 7 nitrogen and oxygen atoms in total. The Morgan fingerprint density at radius 1 is 1.20 bits per heavy atom. The van der Waals surface area contributed by atoms with E-state index in [2.05, 4.69) is 53.4 Å². The van der Waals surface area contributed by atoms with Crippen LogP contribution in [-0.4, -0.2) is 31.5 Å². The summed E-state index contributed by atoms with van der Waals surface area (Å²) in [6.07, 6.45) is 0. The summed E-state index contributed by atoms with van der Waals surface area (Å²) in [7, 11) is 0. The first kappa shape index (κ1) is 20.6. The van der Waals surface area contributed by atoms with Crippen molar-refractivity contribution in [1.29, 1.82) is 0 Å². The van der Waals surface area contributed by atoms with Gasteiger partial charge in [0.05, 0.1) is 16.3 Å². The summed E-state index contributed by atoms with van der Waals surface area (Å²) >= 11 is 4.18. The second-order valence-corrected chi connectivity index (χ2v) is 9.55. The molecule has 0 atom stereocenters. The zero-order valence-electron chi connectivity index (χ0n) is 16.7. The summed E-state index contributed by atoms with van der Waals surface area (Å²) in [5.74, 6) is 6.66. The predicted octanol–water partition coefficient (Wildman–Crippen LogP) is 4.50. The Kier molecular flexibility index (Phi) is 5.89. The van der Waals surface area contributed by atoms with Crippen molar-refractivity contribution >= 4 is 45.5 Å². The molecule has 3 aromatic heterocycles. The van der Waals surface area contributed by atoms with E-state index in [1.807, 2.05) is 22.9 Å². The SMILES string of the molecule is Cc1cc(C)c(-c2csc(NC(=O)CSc3nnc(-c4cccs4)n3N)n2)c(C)c1. The van der Waals surface area contributed by atoms with Crippen molar-refractivity contribution < 1.29 is 4.79 Å². The number of nitrogens with one attached hydrogen (secondary N) is 1. The number of rotatable bonds is 6. The third kappa shape index (κ3) is 4.25. The van der Waals surface area contributed by atoms with Crippen LogP contribution in [0.1, 0.15) is 16.7 Å². The Morgan fingerprint density at radius 3 is 2.67 bits per heavy atom. The number of thioether (sulfide) groups is 1. The minimum atomic E-state index is -0.168. The van der Waals surface area contributed by atoms with E-state index in [0.29, 0.717) is 16.1 Å². The Bertz CT molecular complexity index is 1170. The predicted molar refractivity (Wildman–Crippen MR) is 125 cm³/mol. The molecule has 154 valence electrons. The summed E-state index contributed by atoms with van der Waals surface area (Å²) in [5.41, 5.74) is 5.57. The van der Waals surface area contributed by atoms with Crippen molar-refractivity contribution in [1.82, 2.24) is 19.9 Å². The van der Waals surface area contributed by atoms with Gasteiger partial charge in [0.2, 0.25) is 11.1 Å². The van der Waals surface area contributed by atoms with Gasteiger partial charge in [-0.05, 0) is 43.3 Å². The molecule has 4 aromatic rings. The number of carbonyl (C=O) groups is 1. The van der Waals surface area contributed by atoms with Gasteiger partial charge in [0.1, 0.15) is 0 Å². The number of hydrogen-bond acceptors (Lipinski definition) is 8. The van der Waals surface area contributed by atoms with Gasteiger partial charge in [-0.1, -0.05) is 35.5 Å². The monoisotopic (exact) mass is 456 g/mol. The maximum atomic E-state index is 12.4. The molecule has 4 rings (SSSR count). The number of benzene rings is 1. The van der Waals surface area contributed by atoms with Crippen molar-refractivity contribution in [3.05, 3.63) is 51.7 Å². The van der Waals surface area contributed by atoms with Crippen LogP contribution >= 0.6 is 34.4 Å². The first-order valence-corrected chi connectivity index (χ1v) is 11.9. The number of aryl methyl sites for hydroxylation is 3. The van der Waals surface area contributed by atoms with E-state index in [0.717, 1.165) is 16.1 Å². The lowest BCUT2D eigenvalue weighted by atomic mass is 9.98. The minimum Gasteiger partial charge on any atom is -0.335 e. The maximum absolute atomic E-state index is 12.4. The highest BCUT2D eigenvalue weighted by Gasteiger charge is 2.16. The molecule has 0 saturated carbocycles. The van der Waals surface area contributed by atoms with Gasteiger partial charge in [0.25, 0.3) is 0 Å². The molecular weight excluding hydrogens is 436 g/mol. The average Bonchev–Trinajstić information content (AvgIpc) is 3.41. The van der Waals surface area contributed by atoms with Gasteiger partial charge < -0.3 is 11.2 Å². The van der Waals surface area contributed by atoms with E-state index in [4.69, 9.17) is 5.84 Å². The highest BCUT2D eigenvalue weighted by Crippen LogP contribution is 2.31. The number of nitrogens with two attached hydrogens (primary N) is 1. The fourth-order valence-electron chi connectivity index (χ4n) is 3.26. The first-order valence-electron chi connectivity index (χ1n) is 9.13. The van der Waals surface area contributed by atoms with Gasteiger partial charge in [-0.2, -0.15) is 0 Å². The first-order chi connectivity index (χ1) is 14.4. The number of carbonyl (C=O) groups excluding carboxylic acids is 1. The number of thiophene rings is 1. The van der Waals surface area contributed by atoms with Crippen molar-refractivity contribution in [2.75, 3.05) is 16.9 Å². The number of nitrogens with zero attached hydrogens (tertiary/aromatic N) is 4. The molecule has 0 unspecified atom stereocenters. The van der Waals surface area contributed by atoms with Crippen LogP contribution in [0.3, 0.4) is 0 Å². The van der Waals surface area contributed by atoms with Crippen molar-refractivity contribution in [3.8, 4) is 22.0 Å². The molecule has 0 spiro atoms. The number of hydrogen-bond donors (Lipinski definition) is 2. The van der Waals surface area contributed by atoms with Gasteiger partial charge in [-0.25, -0.2) is 9.66 Å². The van der Waals surface area contributed by atoms with Gasteiger partial charge in [-0.3, -0.25) is 4.79 Å². The molecular formula is C20H20N6OS3. The zero-order chi connectivity index (χ0) is 21.3. The lowest BCUT2D eigenvalue weighted by Crippen LogP contribution is -2.16.